The number of amides is 2. The van der Waals surface area contributed by atoms with Crippen LogP contribution in [0.15, 0.2) is 67.0 Å². The molecule has 2 saturated heterocycles. The van der Waals surface area contributed by atoms with E-state index in [2.05, 4.69) is 9.97 Å². The maximum atomic E-state index is 13.4. The number of carbonyl (C=O) groups excluding carboxylic acids is 2. The van der Waals surface area contributed by atoms with Crippen LogP contribution in [0.5, 0.6) is 11.8 Å². The molecular formula is C24H21FN4O5. The van der Waals surface area contributed by atoms with Crippen LogP contribution in [0.4, 0.5) is 14.9 Å². The van der Waals surface area contributed by atoms with E-state index in [9.17, 15) is 14.0 Å². The third kappa shape index (κ3) is 4.53. The van der Waals surface area contributed by atoms with Gasteiger partial charge in [0.05, 0.1) is 26.3 Å². The summed E-state index contributed by atoms with van der Waals surface area (Å²) in [6, 6.07) is 14.2. The minimum atomic E-state index is -1.04. The molecule has 1 spiro atoms. The minimum Gasteiger partial charge on any atom is -0.436 e. The molecule has 2 aliphatic rings. The Labute approximate surface area is 194 Å². The second kappa shape index (κ2) is 9.06. The van der Waals surface area contributed by atoms with E-state index in [1.165, 1.54) is 29.2 Å². The fraction of sp³-hybridized carbons (Fsp3) is 0.250. The SMILES string of the molecule is O=C(c1cccc(Oc2ncccn2)c1)N1CCOC[C@@]2(C1)CN(c1ccc(F)cc1)C(=O)O2. The Morgan fingerprint density at radius 3 is 2.65 bits per heavy atom. The average molecular weight is 464 g/mol. The van der Waals surface area contributed by atoms with Crippen molar-refractivity contribution in [1.29, 1.82) is 0 Å². The first-order valence-electron chi connectivity index (χ1n) is 10.7. The molecule has 3 heterocycles. The first-order valence-corrected chi connectivity index (χ1v) is 10.7. The monoisotopic (exact) mass is 464 g/mol. The molecule has 3 aromatic rings. The lowest BCUT2D eigenvalue weighted by atomic mass is 10.0. The van der Waals surface area contributed by atoms with Crippen molar-refractivity contribution < 1.29 is 28.2 Å². The summed E-state index contributed by atoms with van der Waals surface area (Å²) in [5, 5.41) is 0. The number of hydrogen-bond acceptors (Lipinski definition) is 7. The molecule has 2 aromatic carbocycles. The highest BCUT2D eigenvalue weighted by Gasteiger charge is 2.49. The van der Waals surface area contributed by atoms with Crippen molar-refractivity contribution in [2.24, 2.45) is 0 Å². The summed E-state index contributed by atoms with van der Waals surface area (Å²) in [7, 11) is 0. The average Bonchev–Trinajstić information content (AvgIpc) is 3.03. The molecule has 1 atom stereocenters. The molecule has 34 heavy (non-hydrogen) atoms. The molecular weight excluding hydrogens is 443 g/mol. The van der Waals surface area contributed by atoms with E-state index in [-0.39, 0.29) is 31.6 Å². The van der Waals surface area contributed by atoms with Crippen molar-refractivity contribution in [2.45, 2.75) is 5.60 Å². The van der Waals surface area contributed by atoms with E-state index in [1.54, 1.807) is 47.6 Å². The number of ether oxygens (including phenoxy) is 3. The Kier molecular flexibility index (Phi) is 5.81. The minimum absolute atomic E-state index is 0.148. The van der Waals surface area contributed by atoms with Gasteiger partial charge in [0.15, 0.2) is 5.60 Å². The van der Waals surface area contributed by atoms with Gasteiger partial charge in [-0.05, 0) is 48.5 Å². The molecule has 2 fully saturated rings. The van der Waals surface area contributed by atoms with E-state index in [0.29, 0.717) is 30.2 Å². The second-order valence-corrected chi connectivity index (χ2v) is 8.05. The smallest absolute Gasteiger partial charge is 0.415 e. The summed E-state index contributed by atoms with van der Waals surface area (Å²) >= 11 is 0. The van der Waals surface area contributed by atoms with Crippen LogP contribution in [0.1, 0.15) is 10.4 Å². The Bertz CT molecular complexity index is 1190. The third-order valence-corrected chi connectivity index (χ3v) is 5.58. The predicted octanol–water partition coefficient (Wildman–Crippen LogP) is 3.28. The zero-order valence-corrected chi connectivity index (χ0v) is 18.1. The van der Waals surface area contributed by atoms with Crippen LogP contribution < -0.4 is 9.64 Å². The molecule has 2 aliphatic heterocycles. The maximum absolute atomic E-state index is 13.4. The highest BCUT2D eigenvalue weighted by molar-refractivity contribution is 5.95. The number of rotatable bonds is 4. The quantitative estimate of drug-likeness (QED) is 0.585. The number of anilines is 1. The van der Waals surface area contributed by atoms with Crippen LogP contribution in [0, 0.1) is 5.82 Å². The molecule has 0 saturated carbocycles. The molecule has 174 valence electrons. The number of benzene rings is 2. The van der Waals surface area contributed by atoms with Crippen LogP contribution in [0.2, 0.25) is 0 Å². The van der Waals surface area contributed by atoms with Crippen LogP contribution in [0.3, 0.4) is 0 Å². The maximum Gasteiger partial charge on any atom is 0.415 e. The van der Waals surface area contributed by atoms with Crippen molar-refractivity contribution in [3.05, 3.63) is 78.4 Å². The van der Waals surface area contributed by atoms with E-state index < -0.39 is 17.5 Å². The van der Waals surface area contributed by atoms with Gasteiger partial charge in [-0.25, -0.2) is 19.2 Å². The molecule has 0 unspecified atom stereocenters. The molecule has 0 N–H and O–H groups in total. The van der Waals surface area contributed by atoms with Gasteiger partial charge >= 0.3 is 12.1 Å². The van der Waals surface area contributed by atoms with Gasteiger partial charge in [0.1, 0.15) is 11.6 Å². The lowest BCUT2D eigenvalue weighted by Crippen LogP contribution is -2.49. The van der Waals surface area contributed by atoms with Gasteiger partial charge in [0, 0.05) is 30.2 Å². The van der Waals surface area contributed by atoms with Crippen molar-refractivity contribution in [3.63, 3.8) is 0 Å². The Morgan fingerprint density at radius 1 is 1.06 bits per heavy atom. The van der Waals surface area contributed by atoms with Gasteiger partial charge in [-0.15, -0.1) is 0 Å². The second-order valence-electron chi connectivity index (χ2n) is 8.05. The van der Waals surface area contributed by atoms with Gasteiger partial charge in [0.2, 0.25) is 0 Å². The van der Waals surface area contributed by atoms with Crippen molar-refractivity contribution in [1.82, 2.24) is 14.9 Å². The van der Waals surface area contributed by atoms with Crippen molar-refractivity contribution in [2.75, 3.05) is 37.7 Å². The molecule has 2 amide bonds. The summed E-state index contributed by atoms with van der Waals surface area (Å²) in [6.07, 6.45) is 2.56. The first-order chi connectivity index (χ1) is 16.5. The number of halogens is 1. The normalized spacial score (nSPS) is 20.2. The van der Waals surface area contributed by atoms with Gasteiger partial charge in [-0.2, -0.15) is 0 Å². The zero-order chi connectivity index (χ0) is 23.5. The fourth-order valence-corrected chi connectivity index (χ4v) is 4.00. The Balaban J connectivity index is 1.33. The van der Waals surface area contributed by atoms with E-state index in [4.69, 9.17) is 14.2 Å². The molecule has 1 aromatic heterocycles. The molecule has 0 aliphatic carbocycles. The van der Waals surface area contributed by atoms with Gasteiger partial charge < -0.3 is 19.1 Å². The molecule has 5 rings (SSSR count). The lowest BCUT2D eigenvalue weighted by molar-refractivity contribution is -0.0140. The van der Waals surface area contributed by atoms with E-state index >= 15 is 0 Å². The summed E-state index contributed by atoms with van der Waals surface area (Å²) in [5.41, 5.74) is -0.118. The molecule has 0 radical (unpaired) electrons. The van der Waals surface area contributed by atoms with Crippen LogP contribution in [-0.2, 0) is 9.47 Å². The summed E-state index contributed by atoms with van der Waals surface area (Å²) < 4.78 is 30.4. The highest BCUT2D eigenvalue weighted by Crippen LogP contribution is 2.31. The zero-order valence-electron chi connectivity index (χ0n) is 18.1. The number of carbonyl (C=O) groups is 2. The number of hydrogen-bond donors (Lipinski definition) is 0. The summed E-state index contributed by atoms with van der Waals surface area (Å²) in [5.74, 6) is -0.223. The largest absolute Gasteiger partial charge is 0.436 e. The van der Waals surface area contributed by atoms with Crippen molar-refractivity contribution >= 4 is 17.7 Å². The van der Waals surface area contributed by atoms with Crippen LogP contribution in [-0.4, -0.2) is 65.3 Å². The predicted molar refractivity (Wildman–Crippen MR) is 118 cm³/mol. The van der Waals surface area contributed by atoms with Gasteiger partial charge in [-0.1, -0.05) is 6.07 Å². The summed E-state index contributed by atoms with van der Waals surface area (Å²) in [4.78, 5) is 37.1. The molecule has 10 heteroatoms. The van der Waals surface area contributed by atoms with Gasteiger partial charge in [0.25, 0.3) is 5.91 Å². The van der Waals surface area contributed by atoms with Crippen LogP contribution >= 0.6 is 0 Å². The standard InChI is InChI=1S/C24H21FN4O5/c25-18-5-7-19(8-6-18)29-15-24(34-23(29)31)14-28(11-12-32-16-24)21(30)17-3-1-4-20(13-17)33-22-26-9-2-10-27-22/h1-10,13H,11-12,14-16H2/t24-/m1/s1. The van der Waals surface area contributed by atoms with Gasteiger partial charge in [-0.3, -0.25) is 9.69 Å². The topological polar surface area (TPSA) is 94.1 Å². The first kappa shape index (κ1) is 21.8. The molecule has 0 bridgehead atoms. The number of aromatic nitrogens is 2. The van der Waals surface area contributed by atoms with E-state index in [0.717, 1.165) is 0 Å². The number of nitrogens with zero attached hydrogens (tertiary/aromatic N) is 4. The van der Waals surface area contributed by atoms with Crippen molar-refractivity contribution in [3.8, 4) is 11.8 Å². The van der Waals surface area contributed by atoms with Crippen LogP contribution in [0.25, 0.3) is 0 Å². The third-order valence-electron chi connectivity index (χ3n) is 5.58. The lowest BCUT2D eigenvalue weighted by Gasteiger charge is -2.29. The summed E-state index contributed by atoms with van der Waals surface area (Å²) in [6.45, 7) is 1.11. The van der Waals surface area contributed by atoms with E-state index in [1.807, 2.05) is 0 Å². The fourth-order valence-electron chi connectivity index (χ4n) is 4.00. The Hall–Kier alpha value is -4.05. The molecule has 9 nitrogen and oxygen atoms in total. The highest BCUT2D eigenvalue weighted by atomic mass is 19.1. The Morgan fingerprint density at radius 2 is 1.85 bits per heavy atom.